The van der Waals surface area contributed by atoms with E-state index in [1.165, 1.54) is 11.1 Å². The highest BCUT2D eigenvalue weighted by Gasteiger charge is 2.30. The van der Waals surface area contributed by atoms with Crippen molar-refractivity contribution in [2.24, 2.45) is 0 Å². The molecular formula is C30H35BrN2O2S. The van der Waals surface area contributed by atoms with Crippen molar-refractivity contribution in [3.05, 3.63) is 106 Å². The number of amides is 2. The third-order valence-corrected chi connectivity index (χ3v) is 7.40. The third-order valence-electron chi connectivity index (χ3n) is 5.92. The zero-order valence-electron chi connectivity index (χ0n) is 21.1. The van der Waals surface area contributed by atoms with Crippen LogP contribution in [0.1, 0.15) is 42.0 Å². The zero-order chi connectivity index (χ0) is 25.8. The SMILES string of the molecule is CCCCNC(=O)[C@@H](Cc1ccccc1)N(Cc1cccc(Br)c1)C(=O)CSCc1cccc(C)c1. The molecule has 3 aromatic rings. The maximum Gasteiger partial charge on any atom is 0.243 e. The summed E-state index contributed by atoms with van der Waals surface area (Å²) < 4.78 is 0.952. The Morgan fingerprint density at radius 2 is 1.67 bits per heavy atom. The number of unbranched alkanes of at least 4 members (excludes halogenated alkanes) is 1. The number of nitrogens with zero attached hydrogens (tertiary/aromatic N) is 1. The normalized spacial score (nSPS) is 11.6. The van der Waals surface area contributed by atoms with Crippen LogP contribution in [-0.2, 0) is 28.3 Å². The largest absolute Gasteiger partial charge is 0.354 e. The lowest BCUT2D eigenvalue weighted by atomic mass is 10.0. The van der Waals surface area contributed by atoms with Gasteiger partial charge < -0.3 is 10.2 Å². The predicted octanol–water partition coefficient (Wildman–Crippen LogP) is 6.55. The first-order valence-electron chi connectivity index (χ1n) is 12.4. The van der Waals surface area contributed by atoms with Crippen molar-refractivity contribution >= 4 is 39.5 Å². The van der Waals surface area contributed by atoms with Gasteiger partial charge in [0.2, 0.25) is 11.8 Å². The molecule has 0 aromatic heterocycles. The fraction of sp³-hybridized carbons (Fsp3) is 0.333. The van der Waals surface area contributed by atoms with E-state index in [4.69, 9.17) is 0 Å². The lowest BCUT2D eigenvalue weighted by molar-refractivity contribution is -0.139. The number of halogens is 1. The third kappa shape index (κ3) is 9.14. The molecule has 0 radical (unpaired) electrons. The summed E-state index contributed by atoms with van der Waals surface area (Å²) in [6.45, 7) is 5.16. The number of hydrogen-bond donors (Lipinski definition) is 1. The molecule has 0 aliphatic heterocycles. The summed E-state index contributed by atoms with van der Waals surface area (Å²) in [4.78, 5) is 28.9. The van der Waals surface area contributed by atoms with Crippen LogP contribution in [-0.4, -0.2) is 35.1 Å². The second kappa shape index (κ2) is 14.9. The lowest BCUT2D eigenvalue weighted by Crippen LogP contribution is -2.51. The topological polar surface area (TPSA) is 49.4 Å². The van der Waals surface area contributed by atoms with Crippen molar-refractivity contribution in [3.8, 4) is 0 Å². The van der Waals surface area contributed by atoms with Gasteiger partial charge >= 0.3 is 0 Å². The van der Waals surface area contributed by atoms with E-state index in [1.807, 2.05) is 60.7 Å². The molecule has 0 spiro atoms. The Morgan fingerprint density at radius 1 is 0.944 bits per heavy atom. The maximum atomic E-state index is 13.7. The first kappa shape index (κ1) is 28.0. The van der Waals surface area contributed by atoms with E-state index in [2.05, 4.69) is 53.3 Å². The molecule has 0 saturated heterocycles. The van der Waals surface area contributed by atoms with Gasteiger partial charge in [-0.2, -0.15) is 0 Å². The van der Waals surface area contributed by atoms with Gasteiger partial charge in [-0.3, -0.25) is 9.59 Å². The van der Waals surface area contributed by atoms with Crippen LogP contribution in [0.5, 0.6) is 0 Å². The Morgan fingerprint density at radius 3 is 2.39 bits per heavy atom. The summed E-state index contributed by atoms with van der Waals surface area (Å²) in [6.07, 6.45) is 2.39. The number of thioether (sulfide) groups is 1. The molecule has 0 unspecified atom stereocenters. The van der Waals surface area contributed by atoms with Gasteiger partial charge in [-0.25, -0.2) is 0 Å². The minimum absolute atomic E-state index is 0.0285. The molecule has 2 amide bonds. The fourth-order valence-corrected chi connectivity index (χ4v) is 5.34. The molecular weight excluding hydrogens is 532 g/mol. The monoisotopic (exact) mass is 566 g/mol. The summed E-state index contributed by atoms with van der Waals surface area (Å²) in [7, 11) is 0. The van der Waals surface area contributed by atoms with Crippen molar-refractivity contribution in [2.45, 2.75) is 51.4 Å². The van der Waals surface area contributed by atoms with Crippen LogP contribution in [0.2, 0.25) is 0 Å². The fourth-order valence-electron chi connectivity index (χ4n) is 4.03. The number of carbonyl (C=O) groups is 2. The molecule has 3 rings (SSSR count). The number of hydrogen-bond acceptors (Lipinski definition) is 3. The number of carbonyl (C=O) groups excluding carboxylic acids is 2. The Labute approximate surface area is 228 Å². The molecule has 4 nitrogen and oxygen atoms in total. The van der Waals surface area contributed by atoms with E-state index in [0.29, 0.717) is 25.3 Å². The quantitative estimate of drug-likeness (QED) is 0.239. The highest BCUT2D eigenvalue weighted by molar-refractivity contribution is 9.10. The molecule has 1 atom stereocenters. The summed E-state index contributed by atoms with van der Waals surface area (Å²) >= 11 is 5.13. The molecule has 0 aliphatic carbocycles. The molecule has 0 fully saturated rings. The molecule has 1 N–H and O–H groups in total. The first-order valence-corrected chi connectivity index (χ1v) is 14.4. The van der Waals surface area contributed by atoms with Gasteiger partial charge in [0, 0.05) is 29.7 Å². The van der Waals surface area contributed by atoms with Gasteiger partial charge in [0.1, 0.15) is 6.04 Å². The van der Waals surface area contributed by atoms with Crippen LogP contribution in [0.25, 0.3) is 0 Å². The predicted molar refractivity (Wildman–Crippen MR) is 154 cm³/mol. The average molecular weight is 568 g/mol. The van der Waals surface area contributed by atoms with Gasteiger partial charge in [0.15, 0.2) is 0 Å². The maximum absolute atomic E-state index is 13.7. The molecule has 36 heavy (non-hydrogen) atoms. The summed E-state index contributed by atoms with van der Waals surface area (Å²) in [6, 6.07) is 25.6. The van der Waals surface area contributed by atoms with E-state index < -0.39 is 6.04 Å². The van der Waals surface area contributed by atoms with Crippen LogP contribution in [0.4, 0.5) is 0 Å². The van der Waals surface area contributed by atoms with Crippen molar-refractivity contribution in [3.63, 3.8) is 0 Å². The van der Waals surface area contributed by atoms with Crippen LogP contribution in [0.15, 0.2) is 83.3 Å². The number of benzene rings is 3. The second-order valence-corrected chi connectivity index (χ2v) is 10.9. The van der Waals surface area contributed by atoms with Crippen molar-refractivity contribution in [1.29, 1.82) is 0 Å². The molecule has 0 aliphatic rings. The highest BCUT2D eigenvalue weighted by Crippen LogP contribution is 2.20. The van der Waals surface area contributed by atoms with Crippen LogP contribution in [0, 0.1) is 6.92 Å². The molecule has 0 bridgehead atoms. The minimum Gasteiger partial charge on any atom is -0.354 e. The van der Waals surface area contributed by atoms with E-state index in [-0.39, 0.29) is 11.8 Å². The van der Waals surface area contributed by atoms with Crippen molar-refractivity contribution in [2.75, 3.05) is 12.3 Å². The zero-order valence-corrected chi connectivity index (χ0v) is 23.5. The van der Waals surface area contributed by atoms with Gasteiger partial charge in [0.25, 0.3) is 0 Å². The number of nitrogens with one attached hydrogen (secondary N) is 1. The van der Waals surface area contributed by atoms with Crippen LogP contribution >= 0.6 is 27.7 Å². The second-order valence-electron chi connectivity index (χ2n) is 8.98. The van der Waals surface area contributed by atoms with Crippen LogP contribution in [0.3, 0.4) is 0 Å². The van der Waals surface area contributed by atoms with Gasteiger partial charge in [-0.15, -0.1) is 11.8 Å². The van der Waals surface area contributed by atoms with Crippen LogP contribution < -0.4 is 5.32 Å². The molecule has 0 saturated carbocycles. The molecule has 190 valence electrons. The van der Waals surface area contributed by atoms with Crippen molar-refractivity contribution in [1.82, 2.24) is 10.2 Å². The smallest absolute Gasteiger partial charge is 0.243 e. The van der Waals surface area contributed by atoms with E-state index >= 15 is 0 Å². The summed E-state index contributed by atoms with van der Waals surface area (Å²) in [5.74, 6) is 0.943. The van der Waals surface area contributed by atoms with Gasteiger partial charge in [0.05, 0.1) is 5.75 Å². The standard InChI is InChI=1S/C30H35BrN2O2S/c1-3-4-16-32-30(35)28(19-24-11-6-5-7-12-24)33(20-25-13-9-15-27(31)18-25)29(34)22-36-21-26-14-8-10-23(2)17-26/h5-15,17-18,28H,3-4,16,19-22H2,1-2H3,(H,32,35)/t28-/m1/s1. The Balaban J connectivity index is 1.83. The van der Waals surface area contributed by atoms with Gasteiger partial charge in [-0.1, -0.05) is 102 Å². The lowest BCUT2D eigenvalue weighted by Gasteiger charge is -2.31. The van der Waals surface area contributed by atoms with Gasteiger partial charge in [-0.05, 0) is 42.2 Å². The Hall–Kier alpha value is -2.57. The molecule has 0 heterocycles. The Kier molecular flexibility index (Phi) is 11.6. The molecule has 3 aromatic carbocycles. The highest BCUT2D eigenvalue weighted by atomic mass is 79.9. The van der Waals surface area contributed by atoms with Crippen molar-refractivity contribution < 1.29 is 9.59 Å². The van der Waals surface area contributed by atoms with E-state index in [1.54, 1.807) is 16.7 Å². The first-order chi connectivity index (χ1) is 17.5. The summed E-state index contributed by atoms with van der Waals surface area (Å²) in [5.41, 5.74) is 4.43. The number of aryl methyl sites for hydroxylation is 1. The average Bonchev–Trinajstić information content (AvgIpc) is 2.87. The van der Waals surface area contributed by atoms with E-state index in [9.17, 15) is 9.59 Å². The Bertz CT molecular complexity index is 1120. The summed E-state index contributed by atoms with van der Waals surface area (Å²) in [5, 5.41) is 3.08. The van der Waals surface area contributed by atoms with E-state index in [0.717, 1.165) is 34.2 Å². The molecule has 6 heteroatoms. The number of rotatable bonds is 13. The minimum atomic E-state index is -0.588.